The highest BCUT2D eigenvalue weighted by Crippen LogP contribution is 2.49. The molecule has 0 saturated carbocycles. The minimum atomic E-state index is -0.797. The number of ether oxygens (including phenoxy) is 1. The lowest BCUT2D eigenvalue weighted by Crippen LogP contribution is -2.64. The highest BCUT2D eigenvalue weighted by atomic mass is 16.5. The maximum atomic E-state index is 13.0. The molecule has 5 heteroatoms. The Labute approximate surface area is 143 Å². The van der Waals surface area contributed by atoms with Crippen molar-refractivity contribution in [3.8, 4) is 5.75 Å². The second-order valence-corrected chi connectivity index (χ2v) is 7.06. The lowest BCUT2D eigenvalue weighted by molar-refractivity contribution is -0.175. The molecule has 0 unspecified atom stereocenters. The summed E-state index contributed by atoms with van der Waals surface area (Å²) >= 11 is 0. The molecule has 3 atom stereocenters. The zero-order chi connectivity index (χ0) is 17.3. The summed E-state index contributed by atoms with van der Waals surface area (Å²) in [5.41, 5.74) is 5.82. The van der Waals surface area contributed by atoms with E-state index < -0.39 is 17.6 Å². The fourth-order valence-electron chi connectivity index (χ4n) is 4.08. The van der Waals surface area contributed by atoms with Crippen molar-refractivity contribution in [2.24, 2.45) is 11.7 Å². The van der Waals surface area contributed by atoms with Crippen molar-refractivity contribution in [1.29, 1.82) is 0 Å². The molecule has 2 amide bonds. The molecule has 2 N–H and O–H groups in total. The molecule has 2 aliphatic heterocycles. The van der Waals surface area contributed by atoms with Crippen LogP contribution in [0.2, 0.25) is 0 Å². The number of rotatable bonds is 6. The zero-order valence-electron chi connectivity index (χ0n) is 14.5. The maximum Gasteiger partial charge on any atom is 0.238 e. The van der Waals surface area contributed by atoms with E-state index in [4.69, 9.17) is 10.5 Å². The SMILES string of the molecule is CCCCCCN1C(=O)[C@H](C(N)=O)[C@H]2C[C@@]1(C)Oc1ccccc12. The number of para-hydroxylation sites is 1. The van der Waals surface area contributed by atoms with E-state index in [1.54, 1.807) is 4.90 Å². The maximum absolute atomic E-state index is 13.0. The Bertz CT molecular complexity index is 645. The van der Waals surface area contributed by atoms with E-state index in [0.717, 1.165) is 37.0 Å². The van der Waals surface area contributed by atoms with Crippen LogP contribution in [0.4, 0.5) is 0 Å². The molecule has 0 spiro atoms. The van der Waals surface area contributed by atoms with Gasteiger partial charge in [-0.3, -0.25) is 9.59 Å². The Balaban J connectivity index is 1.93. The summed E-state index contributed by atoms with van der Waals surface area (Å²) < 4.78 is 6.21. The summed E-state index contributed by atoms with van der Waals surface area (Å²) in [5.74, 6) is -0.964. The number of hydrogen-bond donors (Lipinski definition) is 1. The van der Waals surface area contributed by atoms with Crippen molar-refractivity contribution in [3.05, 3.63) is 29.8 Å². The minimum Gasteiger partial charge on any atom is -0.468 e. The largest absolute Gasteiger partial charge is 0.468 e. The monoisotopic (exact) mass is 330 g/mol. The fraction of sp³-hybridized carbons (Fsp3) is 0.579. The number of unbranched alkanes of at least 4 members (excludes halogenated alkanes) is 3. The second kappa shape index (κ2) is 6.46. The van der Waals surface area contributed by atoms with Gasteiger partial charge in [0.25, 0.3) is 0 Å². The number of nitrogens with zero attached hydrogens (tertiary/aromatic N) is 1. The van der Waals surface area contributed by atoms with Crippen LogP contribution < -0.4 is 10.5 Å². The number of nitrogens with two attached hydrogens (primary N) is 1. The van der Waals surface area contributed by atoms with E-state index >= 15 is 0 Å². The third-order valence-corrected chi connectivity index (χ3v) is 5.29. The van der Waals surface area contributed by atoms with Gasteiger partial charge in [0, 0.05) is 18.9 Å². The van der Waals surface area contributed by atoms with Crippen LogP contribution in [0, 0.1) is 5.92 Å². The molecule has 0 aromatic heterocycles. The van der Waals surface area contributed by atoms with Crippen molar-refractivity contribution >= 4 is 11.8 Å². The van der Waals surface area contributed by atoms with E-state index in [9.17, 15) is 9.59 Å². The highest BCUT2D eigenvalue weighted by Gasteiger charge is 2.55. The Morgan fingerprint density at radius 1 is 1.33 bits per heavy atom. The van der Waals surface area contributed by atoms with Crippen molar-refractivity contribution in [3.63, 3.8) is 0 Å². The van der Waals surface area contributed by atoms with Gasteiger partial charge in [0.05, 0.1) is 0 Å². The summed E-state index contributed by atoms with van der Waals surface area (Å²) in [6, 6.07) is 7.66. The normalized spacial score (nSPS) is 28.2. The van der Waals surface area contributed by atoms with Gasteiger partial charge in [0.1, 0.15) is 11.7 Å². The lowest BCUT2D eigenvalue weighted by Gasteiger charge is -2.52. The molecule has 1 aromatic carbocycles. The Morgan fingerprint density at radius 2 is 2.08 bits per heavy atom. The van der Waals surface area contributed by atoms with Crippen molar-refractivity contribution in [1.82, 2.24) is 4.90 Å². The predicted octanol–water partition coefficient (Wildman–Crippen LogP) is 2.79. The van der Waals surface area contributed by atoms with Gasteiger partial charge in [-0.2, -0.15) is 0 Å². The van der Waals surface area contributed by atoms with Crippen LogP contribution in [0.25, 0.3) is 0 Å². The van der Waals surface area contributed by atoms with Crippen molar-refractivity contribution in [2.75, 3.05) is 6.54 Å². The number of piperidine rings is 1. The molecule has 1 saturated heterocycles. The molecule has 0 radical (unpaired) electrons. The Kier molecular flexibility index (Phi) is 4.52. The predicted molar refractivity (Wildman–Crippen MR) is 91.4 cm³/mol. The summed E-state index contributed by atoms with van der Waals surface area (Å²) in [6.07, 6.45) is 4.87. The molecule has 1 fully saturated rings. The quantitative estimate of drug-likeness (QED) is 0.644. The number of likely N-dealkylation sites (tertiary alicyclic amines) is 1. The Morgan fingerprint density at radius 3 is 2.79 bits per heavy atom. The first-order chi connectivity index (χ1) is 11.5. The molecule has 3 rings (SSSR count). The molecular formula is C19H26N2O3. The van der Waals surface area contributed by atoms with Gasteiger partial charge < -0.3 is 15.4 Å². The fourth-order valence-corrected chi connectivity index (χ4v) is 4.08. The van der Waals surface area contributed by atoms with Gasteiger partial charge in [0.2, 0.25) is 11.8 Å². The number of carbonyl (C=O) groups is 2. The number of carbonyl (C=O) groups excluding carboxylic acids is 2. The first kappa shape index (κ1) is 16.8. The second-order valence-electron chi connectivity index (χ2n) is 7.06. The lowest BCUT2D eigenvalue weighted by atomic mass is 9.73. The minimum absolute atomic E-state index is 0.188. The molecule has 24 heavy (non-hydrogen) atoms. The summed E-state index contributed by atoms with van der Waals surface area (Å²) in [5, 5.41) is 0. The van der Waals surface area contributed by atoms with Gasteiger partial charge in [-0.25, -0.2) is 0 Å². The van der Waals surface area contributed by atoms with Crippen LogP contribution in [0.5, 0.6) is 5.75 Å². The van der Waals surface area contributed by atoms with E-state index in [1.807, 2.05) is 31.2 Å². The van der Waals surface area contributed by atoms with E-state index in [0.29, 0.717) is 13.0 Å². The van der Waals surface area contributed by atoms with Crippen LogP contribution in [0.15, 0.2) is 24.3 Å². The molecule has 0 aliphatic carbocycles. The molecule has 2 aliphatic rings. The van der Waals surface area contributed by atoms with E-state index in [1.165, 1.54) is 0 Å². The van der Waals surface area contributed by atoms with Crippen molar-refractivity contribution in [2.45, 2.75) is 57.6 Å². The van der Waals surface area contributed by atoms with Crippen LogP contribution in [-0.4, -0.2) is 29.0 Å². The third kappa shape index (κ3) is 2.76. The standard InChI is InChI=1S/C19H26N2O3/c1-3-4-5-8-11-21-18(23)16(17(20)22)14-12-19(21,2)24-15-10-7-6-9-13(14)15/h6-7,9-10,14,16H,3-5,8,11-12H2,1-2H3,(H2,20,22)/t14-,16-,19+/m0/s1. The number of amides is 2. The number of fused-ring (bicyclic) bond motifs is 4. The van der Waals surface area contributed by atoms with Crippen LogP contribution in [-0.2, 0) is 9.59 Å². The molecular weight excluding hydrogens is 304 g/mol. The number of primary amides is 1. The van der Waals surface area contributed by atoms with Gasteiger partial charge in [-0.1, -0.05) is 44.4 Å². The summed E-state index contributed by atoms with van der Waals surface area (Å²) in [7, 11) is 0. The molecule has 5 nitrogen and oxygen atoms in total. The first-order valence-corrected chi connectivity index (χ1v) is 8.86. The van der Waals surface area contributed by atoms with Crippen LogP contribution in [0.1, 0.15) is 57.4 Å². The van der Waals surface area contributed by atoms with Gasteiger partial charge in [-0.05, 0) is 25.0 Å². The topological polar surface area (TPSA) is 72.6 Å². The first-order valence-electron chi connectivity index (χ1n) is 8.86. The highest BCUT2D eigenvalue weighted by molar-refractivity contribution is 6.01. The zero-order valence-corrected chi connectivity index (χ0v) is 14.5. The average molecular weight is 330 g/mol. The van der Waals surface area contributed by atoms with Crippen LogP contribution in [0.3, 0.4) is 0 Å². The molecule has 130 valence electrons. The van der Waals surface area contributed by atoms with Gasteiger partial charge in [-0.15, -0.1) is 0 Å². The van der Waals surface area contributed by atoms with Gasteiger partial charge in [0.15, 0.2) is 5.72 Å². The summed E-state index contributed by atoms with van der Waals surface area (Å²) in [4.78, 5) is 26.8. The van der Waals surface area contributed by atoms with E-state index in [2.05, 4.69) is 6.92 Å². The molecule has 2 bridgehead atoms. The van der Waals surface area contributed by atoms with Crippen molar-refractivity contribution < 1.29 is 14.3 Å². The van der Waals surface area contributed by atoms with Gasteiger partial charge >= 0.3 is 0 Å². The van der Waals surface area contributed by atoms with Crippen LogP contribution >= 0.6 is 0 Å². The third-order valence-electron chi connectivity index (χ3n) is 5.29. The summed E-state index contributed by atoms with van der Waals surface area (Å²) in [6.45, 7) is 4.71. The number of benzene rings is 1. The van der Waals surface area contributed by atoms with E-state index in [-0.39, 0.29) is 11.8 Å². The molecule has 1 aromatic rings. The molecule has 2 heterocycles. The smallest absolute Gasteiger partial charge is 0.238 e. The average Bonchev–Trinajstić information content (AvgIpc) is 2.53. The Hall–Kier alpha value is -2.04. The number of hydrogen-bond acceptors (Lipinski definition) is 3.